The molecule has 112 valence electrons. The standard InChI is InChI=1S/C16H15N3O2S/c20-15(14-5-2-7-21-14)17-12-4-1-3-11(9-12)13-10-19-6-8-22-16(19)18-13/h1-5,7,9,13H,6,8,10H2,(H,17,20)/t13-/m1/s1. The summed E-state index contributed by atoms with van der Waals surface area (Å²) < 4.78 is 5.10. The molecule has 4 rings (SSSR count). The minimum atomic E-state index is -0.240. The number of hydrogen-bond donors (Lipinski definition) is 1. The molecule has 3 heterocycles. The number of carbonyl (C=O) groups is 1. The van der Waals surface area contributed by atoms with E-state index in [1.807, 2.05) is 30.0 Å². The van der Waals surface area contributed by atoms with Crippen LogP contribution < -0.4 is 5.32 Å². The predicted octanol–water partition coefficient (Wildman–Crippen LogP) is 2.99. The molecule has 6 heteroatoms. The molecule has 0 spiro atoms. The summed E-state index contributed by atoms with van der Waals surface area (Å²) in [5.41, 5.74) is 1.89. The molecule has 1 saturated heterocycles. The van der Waals surface area contributed by atoms with Gasteiger partial charge in [0.25, 0.3) is 5.91 Å². The second-order valence-electron chi connectivity index (χ2n) is 5.28. The van der Waals surface area contributed by atoms with Crippen LogP contribution >= 0.6 is 11.8 Å². The highest BCUT2D eigenvalue weighted by molar-refractivity contribution is 8.14. The van der Waals surface area contributed by atoms with E-state index >= 15 is 0 Å². The van der Waals surface area contributed by atoms with Crippen LogP contribution in [0, 0.1) is 0 Å². The average molecular weight is 313 g/mol. The summed E-state index contributed by atoms with van der Waals surface area (Å²) in [6, 6.07) is 11.4. The van der Waals surface area contributed by atoms with E-state index < -0.39 is 0 Å². The highest BCUT2D eigenvalue weighted by Gasteiger charge is 2.30. The third kappa shape index (κ3) is 2.50. The molecule has 1 N–H and O–H groups in total. The van der Waals surface area contributed by atoms with Crippen molar-refractivity contribution in [1.82, 2.24) is 4.90 Å². The number of furan rings is 1. The van der Waals surface area contributed by atoms with Crippen LogP contribution in [0.25, 0.3) is 0 Å². The molecule has 2 aliphatic rings. The number of benzene rings is 1. The number of fused-ring (bicyclic) bond motifs is 1. The van der Waals surface area contributed by atoms with Crippen molar-refractivity contribution in [2.24, 2.45) is 4.99 Å². The van der Waals surface area contributed by atoms with Crippen molar-refractivity contribution in [3.63, 3.8) is 0 Å². The van der Waals surface area contributed by atoms with Crippen LogP contribution in [0.15, 0.2) is 52.1 Å². The highest BCUT2D eigenvalue weighted by Crippen LogP contribution is 2.33. The van der Waals surface area contributed by atoms with Crippen LogP contribution in [0.5, 0.6) is 0 Å². The number of amides is 1. The largest absolute Gasteiger partial charge is 0.459 e. The number of hydrogen-bond acceptors (Lipinski definition) is 5. The van der Waals surface area contributed by atoms with Gasteiger partial charge in [-0.2, -0.15) is 0 Å². The van der Waals surface area contributed by atoms with E-state index in [1.165, 1.54) is 6.26 Å². The summed E-state index contributed by atoms with van der Waals surface area (Å²) in [5.74, 6) is 1.20. The van der Waals surface area contributed by atoms with Gasteiger partial charge in [0.2, 0.25) is 0 Å². The van der Waals surface area contributed by atoms with Gasteiger partial charge in [0.05, 0.1) is 12.3 Å². The van der Waals surface area contributed by atoms with Crippen molar-refractivity contribution >= 4 is 28.5 Å². The first-order valence-electron chi connectivity index (χ1n) is 7.20. The zero-order valence-electron chi connectivity index (χ0n) is 11.9. The molecule has 5 nitrogen and oxygen atoms in total. The number of anilines is 1. The number of nitrogens with one attached hydrogen (secondary N) is 1. The lowest BCUT2D eigenvalue weighted by Gasteiger charge is -2.13. The normalized spacial score (nSPS) is 19.9. The Labute approximate surface area is 132 Å². The number of aliphatic imine (C=N–C) groups is 1. The fourth-order valence-electron chi connectivity index (χ4n) is 2.71. The number of amidine groups is 1. The zero-order valence-corrected chi connectivity index (χ0v) is 12.7. The van der Waals surface area contributed by atoms with Gasteiger partial charge in [-0.05, 0) is 29.8 Å². The average Bonchev–Trinajstić information content (AvgIpc) is 3.24. The highest BCUT2D eigenvalue weighted by atomic mass is 32.2. The van der Waals surface area contributed by atoms with Crippen molar-refractivity contribution < 1.29 is 9.21 Å². The lowest BCUT2D eigenvalue weighted by atomic mass is 10.1. The van der Waals surface area contributed by atoms with Gasteiger partial charge in [-0.3, -0.25) is 9.79 Å². The maximum atomic E-state index is 12.0. The molecule has 1 aromatic carbocycles. The maximum absolute atomic E-state index is 12.0. The Morgan fingerprint density at radius 1 is 1.36 bits per heavy atom. The predicted molar refractivity (Wildman–Crippen MR) is 87.3 cm³/mol. The first-order valence-corrected chi connectivity index (χ1v) is 8.18. The number of rotatable bonds is 3. The molecule has 1 atom stereocenters. The lowest BCUT2D eigenvalue weighted by molar-refractivity contribution is 0.0996. The van der Waals surface area contributed by atoms with Gasteiger partial charge in [0.1, 0.15) is 0 Å². The van der Waals surface area contributed by atoms with Crippen LogP contribution in [0.1, 0.15) is 22.2 Å². The van der Waals surface area contributed by atoms with E-state index in [0.29, 0.717) is 5.76 Å². The van der Waals surface area contributed by atoms with Crippen LogP contribution in [0.3, 0.4) is 0 Å². The molecule has 0 radical (unpaired) electrons. The minimum absolute atomic E-state index is 0.156. The van der Waals surface area contributed by atoms with E-state index in [-0.39, 0.29) is 11.9 Å². The van der Waals surface area contributed by atoms with Crippen LogP contribution in [0.2, 0.25) is 0 Å². The number of carbonyl (C=O) groups excluding carboxylic acids is 1. The lowest BCUT2D eigenvalue weighted by Crippen LogP contribution is -2.21. The first-order chi connectivity index (χ1) is 10.8. The molecule has 22 heavy (non-hydrogen) atoms. The van der Waals surface area contributed by atoms with Crippen molar-refractivity contribution in [2.75, 3.05) is 24.2 Å². The fourth-order valence-corrected chi connectivity index (χ4v) is 3.75. The molecular weight excluding hydrogens is 298 g/mol. The monoisotopic (exact) mass is 313 g/mol. The van der Waals surface area contributed by atoms with Crippen LogP contribution in [0.4, 0.5) is 5.69 Å². The summed E-state index contributed by atoms with van der Waals surface area (Å²) in [4.78, 5) is 19.1. The Kier molecular flexibility index (Phi) is 3.38. The smallest absolute Gasteiger partial charge is 0.291 e. The Morgan fingerprint density at radius 2 is 2.32 bits per heavy atom. The molecule has 1 fully saturated rings. The summed E-state index contributed by atoms with van der Waals surface area (Å²) >= 11 is 1.82. The first kappa shape index (κ1) is 13.5. The Hall–Kier alpha value is -2.21. The summed E-state index contributed by atoms with van der Waals surface area (Å²) in [5, 5.41) is 4.01. The van der Waals surface area contributed by atoms with Crippen molar-refractivity contribution in [3.05, 3.63) is 54.0 Å². The Morgan fingerprint density at radius 3 is 3.14 bits per heavy atom. The maximum Gasteiger partial charge on any atom is 0.291 e. The van der Waals surface area contributed by atoms with Gasteiger partial charge in [-0.1, -0.05) is 23.9 Å². The van der Waals surface area contributed by atoms with Gasteiger partial charge in [-0.15, -0.1) is 0 Å². The minimum Gasteiger partial charge on any atom is -0.459 e. The van der Waals surface area contributed by atoms with E-state index in [1.54, 1.807) is 12.1 Å². The van der Waals surface area contributed by atoms with Gasteiger partial charge in [-0.25, -0.2) is 0 Å². The quantitative estimate of drug-likeness (QED) is 0.946. The van der Waals surface area contributed by atoms with Crippen molar-refractivity contribution in [3.8, 4) is 0 Å². The number of nitrogens with zero attached hydrogens (tertiary/aromatic N) is 2. The summed E-state index contributed by atoms with van der Waals surface area (Å²) in [6.45, 7) is 2.01. The van der Waals surface area contributed by atoms with E-state index in [4.69, 9.17) is 9.41 Å². The summed E-state index contributed by atoms with van der Waals surface area (Å²) in [6.07, 6.45) is 1.49. The van der Waals surface area contributed by atoms with Gasteiger partial charge >= 0.3 is 0 Å². The van der Waals surface area contributed by atoms with Gasteiger partial charge in [0, 0.05) is 24.5 Å². The van der Waals surface area contributed by atoms with Crippen molar-refractivity contribution in [1.29, 1.82) is 0 Å². The van der Waals surface area contributed by atoms with E-state index in [0.717, 1.165) is 35.3 Å². The Bertz CT molecular complexity index is 727. The van der Waals surface area contributed by atoms with Gasteiger partial charge < -0.3 is 14.6 Å². The topological polar surface area (TPSA) is 57.8 Å². The molecule has 0 bridgehead atoms. The van der Waals surface area contributed by atoms with Gasteiger partial charge in [0.15, 0.2) is 10.9 Å². The second-order valence-corrected chi connectivity index (χ2v) is 6.34. The molecule has 0 saturated carbocycles. The second kappa shape index (κ2) is 5.53. The van der Waals surface area contributed by atoms with Crippen LogP contribution in [-0.2, 0) is 0 Å². The third-order valence-electron chi connectivity index (χ3n) is 3.80. The molecular formula is C16H15N3O2S. The SMILES string of the molecule is O=C(Nc1cccc([C@H]2CN3CCSC3=N2)c1)c1ccco1. The molecule has 2 aliphatic heterocycles. The number of thioether (sulfide) groups is 1. The van der Waals surface area contributed by atoms with Crippen LogP contribution in [-0.4, -0.2) is 34.8 Å². The Balaban J connectivity index is 1.51. The third-order valence-corrected chi connectivity index (χ3v) is 4.81. The molecule has 1 aromatic heterocycles. The molecule has 2 aromatic rings. The molecule has 1 amide bonds. The van der Waals surface area contributed by atoms with Crippen molar-refractivity contribution in [2.45, 2.75) is 6.04 Å². The van der Waals surface area contributed by atoms with E-state index in [9.17, 15) is 4.79 Å². The molecule has 0 aliphatic carbocycles. The summed E-state index contributed by atoms with van der Waals surface area (Å²) in [7, 11) is 0. The fraction of sp³-hybridized carbons (Fsp3) is 0.250. The van der Waals surface area contributed by atoms with E-state index in [2.05, 4.69) is 16.3 Å². The zero-order chi connectivity index (χ0) is 14.9. The molecule has 0 unspecified atom stereocenters.